The number of benzene rings is 1. The van der Waals surface area contributed by atoms with E-state index in [1.54, 1.807) is 7.11 Å². The van der Waals surface area contributed by atoms with Gasteiger partial charge in [0.1, 0.15) is 5.75 Å². The largest absolute Gasteiger partial charge is 0.496 e. The second-order valence-electron chi connectivity index (χ2n) is 5.45. The molecule has 0 saturated carbocycles. The van der Waals surface area contributed by atoms with Crippen LogP contribution < -0.4 is 10.5 Å². The molecule has 0 aliphatic heterocycles. The summed E-state index contributed by atoms with van der Waals surface area (Å²) >= 11 is 0. The minimum Gasteiger partial charge on any atom is -0.496 e. The Bertz CT molecular complexity index is 375. The molecule has 1 aromatic rings. The van der Waals surface area contributed by atoms with Crippen molar-refractivity contribution in [1.29, 1.82) is 0 Å². The summed E-state index contributed by atoms with van der Waals surface area (Å²) in [6, 6.07) is 4.31. The minimum absolute atomic E-state index is 0.0444. The van der Waals surface area contributed by atoms with Crippen LogP contribution in [0.2, 0.25) is 0 Å². The van der Waals surface area contributed by atoms with Crippen molar-refractivity contribution in [3.05, 3.63) is 28.8 Å². The third kappa shape index (κ3) is 2.56. The molecule has 0 heterocycles. The quantitative estimate of drug-likeness (QED) is 0.831. The summed E-state index contributed by atoms with van der Waals surface area (Å²) in [4.78, 5) is 0. The van der Waals surface area contributed by atoms with E-state index >= 15 is 0 Å². The van der Waals surface area contributed by atoms with Gasteiger partial charge in [0.25, 0.3) is 0 Å². The lowest BCUT2D eigenvalue weighted by Gasteiger charge is -2.24. The molecule has 90 valence electrons. The van der Waals surface area contributed by atoms with Crippen molar-refractivity contribution in [3.63, 3.8) is 0 Å². The van der Waals surface area contributed by atoms with Gasteiger partial charge < -0.3 is 10.5 Å². The number of nitrogens with two attached hydrogens (primary N) is 1. The van der Waals surface area contributed by atoms with Crippen molar-refractivity contribution in [2.75, 3.05) is 7.11 Å². The fourth-order valence-corrected chi connectivity index (χ4v) is 1.95. The summed E-state index contributed by atoms with van der Waals surface area (Å²) in [6.07, 6.45) is 0. The molecule has 0 amide bonds. The van der Waals surface area contributed by atoms with E-state index in [4.69, 9.17) is 10.5 Å². The summed E-state index contributed by atoms with van der Waals surface area (Å²) in [6.45, 7) is 10.7. The normalized spacial score (nSPS) is 13.7. The Balaban J connectivity index is 3.38. The van der Waals surface area contributed by atoms with Crippen LogP contribution in [0.4, 0.5) is 0 Å². The van der Waals surface area contributed by atoms with E-state index in [-0.39, 0.29) is 11.5 Å². The lowest BCUT2D eigenvalue weighted by Crippen LogP contribution is -2.15. The number of aryl methyl sites for hydroxylation is 1. The van der Waals surface area contributed by atoms with E-state index in [9.17, 15) is 0 Å². The summed E-state index contributed by atoms with van der Waals surface area (Å²) in [7, 11) is 1.71. The number of methoxy groups -OCH3 is 1. The molecule has 0 spiro atoms. The summed E-state index contributed by atoms with van der Waals surface area (Å²) in [5, 5.41) is 0. The zero-order chi connectivity index (χ0) is 12.5. The maximum Gasteiger partial charge on any atom is 0.122 e. The van der Waals surface area contributed by atoms with E-state index in [1.165, 1.54) is 11.1 Å². The average molecular weight is 221 g/mol. The van der Waals surface area contributed by atoms with E-state index < -0.39 is 0 Å². The minimum atomic E-state index is 0.0444. The molecule has 16 heavy (non-hydrogen) atoms. The average Bonchev–Trinajstić information content (AvgIpc) is 2.15. The van der Waals surface area contributed by atoms with Crippen LogP contribution in [0, 0.1) is 6.92 Å². The molecule has 2 nitrogen and oxygen atoms in total. The monoisotopic (exact) mass is 221 g/mol. The fraction of sp³-hybridized carbons (Fsp3) is 0.571. The molecule has 2 heteroatoms. The van der Waals surface area contributed by atoms with Crippen LogP contribution in [0.1, 0.15) is 50.4 Å². The van der Waals surface area contributed by atoms with Gasteiger partial charge in [0.05, 0.1) is 7.11 Å². The van der Waals surface area contributed by atoms with Crippen LogP contribution in [0.15, 0.2) is 12.1 Å². The SMILES string of the molecule is COc1cc(C(C)N)c(C)cc1C(C)(C)C. The smallest absolute Gasteiger partial charge is 0.122 e. The molecule has 0 aromatic heterocycles. The number of ether oxygens (including phenoxy) is 1. The molecule has 0 aliphatic carbocycles. The topological polar surface area (TPSA) is 35.2 Å². The van der Waals surface area contributed by atoms with Crippen molar-refractivity contribution in [3.8, 4) is 5.75 Å². The van der Waals surface area contributed by atoms with Gasteiger partial charge in [-0.25, -0.2) is 0 Å². The molecular formula is C14H23NO. The Kier molecular flexibility index (Phi) is 3.64. The zero-order valence-electron chi connectivity index (χ0n) is 11.2. The van der Waals surface area contributed by atoms with E-state index in [0.717, 1.165) is 11.3 Å². The van der Waals surface area contributed by atoms with Crippen molar-refractivity contribution in [1.82, 2.24) is 0 Å². The number of hydrogen-bond donors (Lipinski definition) is 1. The summed E-state index contributed by atoms with van der Waals surface area (Å²) in [5.41, 5.74) is 9.66. The molecule has 0 aliphatic rings. The van der Waals surface area contributed by atoms with E-state index in [2.05, 4.69) is 39.8 Å². The molecule has 1 rings (SSSR count). The molecule has 1 aromatic carbocycles. The maximum absolute atomic E-state index is 5.94. The molecule has 0 bridgehead atoms. The predicted molar refractivity (Wildman–Crippen MR) is 69.0 cm³/mol. The maximum atomic E-state index is 5.94. The second-order valence-corrected chi connectivity index (χ2v) is 5.45. The number of rotatable bonds is 2. The third-order valence-corrected chi connectivity index (χ3v) is 2.89. The Hall–Kier alpha value is -1.02. The highest BCUT2D eigenvalue weighted by molar-refractivity contribution is 5.46. The third-order valence-electron chi connectivity index (χ3n) is 2.89. The first-order chi connectivity index (χ1) is 7.27. The molecule has 2 N–H and O–H groups in total. The standard InChI is InChI=1S/C14H23NO/c1-9-7-12(14(3,4)5)13(16-6)8-11(9)10(2)15/h7-8,10H,15H2,1-6H3. The van der Waals surface area contributed by atoms with Gasteiger partial charge >= 0.3 is 0 Å². The first-order valence-corrected chi connectivity index (χ1v) is 5.72. The highest BCUT2D eigenvalue weighted by atomic mass is 16.5. The van der Waals surface area contributed by atoms with E-state index in [1.807, 2.05) is 6.92 Å². The van der Waals surface area contributed by atoms with Crippen molar-refractivity contribution in [2.45, 2.75) is 46.1 Å². The lowest BCUT2D eigenvalue weighted by atomic mass is 9.84. The Labute approximate surface area is 98.8 Å². The van der Waals surface area contributed by atoms with Gasteiger partial charge in [-0.05, 0) is 42.0 Å². The van der Waals surface area contributed by atoms with Crippen LogP contribution in [0.3, 0.4) is 0 Å². The first kappa shape index (κ1) is 13.0. The van der Waals surface area contributed by atoms with Crippen molar-refractivity contribution in [2.24, 2.45) is 5.73 Å². The van der Waals surface area contributed by atoms with Crippen molar-refractivity contribution >= 4 is 0 Å². The van der Waals surface area contributed by atoms with Crippen LogP contribution in [-0.4, -0.2) is 7.11 Å². The van der Waals surface area contributed by atoms with Crippen LogP contribution in [0.5, 0.6) is 5.75 Å². The first-order valence-electron chi connectivity index (χ1n) is 5.72. The lowest BCUT2D eigenvalue weighted by molar-refractivity contribution is 0.396. The Morgan fingerprint density at radius 2 is 1.81 bits per heavy atom. The molecule has 1 unspecified atom stereocenters. The van der Waals surface area contributed by atoms with Gasteiger partial charge in [0.15, 0.2) is 0 Å². The van der Waals surface area contributed by atoms with Gasteiger partial charge in [0, 0.05) is 6.04 Å². The predicted octanol–water partition coefficient (Wildman–Crippen LogP) is 3.32. The molecule has 0 saturated heterocycles. The Morgan fingerprint density at radius 3 is 2.19 bits per heavy atom. The van der Waals surface area contributed by atoms with Crippen LogP contribution in [-0.2, 0) is 5.41 Å². The second kappa shape index (κ2) is 4.46. The van der Waals surface area contributed by atoms with Gasteiger partial charge in [0.2, 0.25) is 0 Å². The van der Waals surface area contributed by atoms with Crippen LogP contribution in [0.25, 0.3) is 0 Å². The highest BCUT2D eigenvalue weighted by Crippen LogP contribution is 2.34. The Morgan fingerprint density at radius 1 is 1.25 bits per heavy atom. The van der Waals surface area contributed by atoms with Gasteiger partial charge in [-0.1, -0.05) is 26.8 Å². The van der Waals surface area contributed by atoms with Gasteiger partial charge in [-0.15, -0.1) is 0 Å². The van der Waals surface area contributed by atoms with E-state index in [0.29, 0.717) is 0 Å². The van der Waals surface area contributed by atoms with Gasteiger partial charge in [-0.2, -0.15) is 0 Å². The molecule has 1 atom stereocenters. The van der Waals surface area contributed by atoms with Crippen molar-refractivity contribution < 1.29 is 4.74 Å². The van der Waals surface area contributed by atoms with Crippen LogP contribution >= 0.6 is 0 Å². The van der Waals surface area contributed by atoms with Gasteiger partial charge in [-0.3, -0.25) is 0 Å². The molecular weight excluding hydrogens is 198 g/mol. The fourth-order valence-electron chi connectivity index (χ4n) is 1.95. The molecule has 0 fully saturated rings. The summed E-state index contributed by atoms with van der Waals surface area (Å²) < 4.78 is 5.46. The highest BCUT2D eigenvalue weighted by Gasteiger charge is 2.20. The zero-order valence-corrected chi connectivity index (χ0v) is 11.2. The summed E-state index contributed by atoms with van der Waals surface area (Å²) in [5.74, 6) is 0.936. The molecule has 0 radical (unpaired) electrons. The number of hydrogen-bond acceptors (Lipinski definition) is 2.